The molecular weight excluding hydrogens is 657 g/mol. The molecule has 3 heteroatoms. The van der Waals surface area contributed by atoms with E-state index in [1.807, 2.05) is 6.07 Å². The predicted octanol–water partition coefficient (Wildman–Crippen LogP) is 14.5. The van der Waals surface area contributed by atoms with Gasteiger partial charge in [-0.15, -0.1) is 0 Å². The number of fused-ring (bicyclic) bond motifs is 10. The van der Waals surface area contributed by atoms with Gasteiger partial charge in [0.1, 0.15) is 0 Å². The summed E-state index contributed by atoms with van der Waals surface area (Å²) < 4.78 is 6.73. The molecule has 2 heterocycles. The molecule has 54 heavy (non-hydrogen) atoms. The van der Waals surface area contributed by atoms with Crippen LogP contribution in [-0.2, 0) is 5.41 Å². The molecule has 256 valence electrons. The third-order valence-corrected chi connectivity index (χ3v) is 11.6. The molecule has 0 saturated carbocycles. The zero-order valence-corrected chi connectivity index (χ0v) is 30.1. The van der Waals surface area contributed by atoms with Crippen LogP contribution >= 0.6 is 0 Å². The summed E-state index contributed by atoms with van der Waals surface area (Å²) in [6, 6.07) is 65.9. The number of ether oxygens (including phenoxy) is 1. The lowest BCUT2D eigenvalue weighted by molar-refractivity contribution is 0.471. The first kappa shape index (κ1) is 30.8. The van der Waals surface area contributed by atoms with Crippen LogP contribution in [0.2, 0.25) is 0 Å². The summed E-state index contributed by atoms with van der Waals surface area (Å²) in [6.45, 7) is 4.72. The van der Waals surface area contributed by atoms with E-state index >= 15 is 0 Å². The maximum absolute atomic E-state index is 6.73. The second kappa shape index (κ2) is 11.6. The van der Waals surface area contributed by atoms with Crippen molar-refractivity contribution in [3.8, 4) is 22.6 Å². The maximum atomic E-state index is 6.73. The minimum Gasteiger partial charge on any atom is -0.453 e. The van der Waals surface area contributed by atoms with Crippen molar-refractivity contribution in [2.24, 2.45) is 0 Å². The van der Waals surface area contributed by atoms with E-state index in [-0.39, 0.29) is 5.41 Å². The second-order valence-electron chi connectivity index (χ2n) is 14.9. The molecule has 0 aromatic heterocycles. The predicted molar refractivity (Wildman–Crippen MR) is 226 cm³/mol. The maximum Gasteiger partial charge on any atom is 0.152 e. The van der Waals surface area contributed by atoms with E-state index in [4.69, 9.17) is 4.74 Å². The number of benzene rings is 9. The van der Waals surface area contributed by atoms with E-state index in [1.54, 1.807) is 0 Å². The van der Waals surface area contributed by atoms with Crippen molar-refractivity contribution in [2.75, 3.05) is 9.80 Å². The summed E-state index contributed by atoms with van der Waals surface area (Å²) in [6.07, 6.45) is 0. The van der Waals surface area contributed by atoms with Crippen molar-refractivity contribution in [1.29, 1.82) is 0 Å². The van der Waals surface area contributed by atoms with Crippen LogP contribution in [0.25, 0.3) is 43.4 Å². The van der Waals surface area contributed by atoms with Crippen molar-refractivity contribution in [3.63, 3.8) is 0 Å². The molecular formula is C51H36N2O. The standard InChI is InChI=1S/C51H36N2O/c1-51(2)43-20-10-11-21-44(43)53-45-22-12-13-23-47(45)54-48-31-30-46(49(51)50(48)53)52(35-26-24-34(25-27-35)33-14-4-3-5-15-33)36-28-29-41-39-18-7-6-16-37(39)38-17-8-9-19-40(38)42(41)32-36/h3-32H,1-2H3. The molecule has 3 nitrogen and oxygen atoms in total. The Morgan fingerprint density at radius 2 is 1.00 bits per heavy atom. The van der Waals surface area contributed by atoms with E-state index in [2.05, 4.69) is 200 Å². The van der Waals surface area contributed by atoms with Crippen LogP contribution < -0.4 is 14.5 Å². The Hall–Kier alpha value is -6.84. The van der Waals surface area contributed by atoms with Gasteiger partial charge in [-0.2, -0.15) is 0 Å². The zero-order chi connectivity index (χ0) is 36.0. The van der Waals surface area contributed by atoms with Crippen LogP contribution in [0.4, 0.5) is 34.1 Å². The number of rotatable bonds is 4. The largest absolute Gasteiger partial charge is 0.453 e. The van der Waals surface area contributed by atoms with E-state index in [1.165, 1.54) is 60.3 Å². The Morgan fingerprint density at radius 3 is 1.72 bits per heavy atom. The fourth-order valence-electron chi connectivity index (χ4n) is 9.11. The molecule has 2 aliphatic heterocycles. The summed E-state index contributed by atoms with van der Waals surface area (Å²) in [7, 11) is 0. The van der Waals surface area contributed by atoms with Crippen molar-refractivity contribution in [1.82, 2.24) is 0 Å². The van der Waals surface area contributed by atoms with E-state index in [9.17, 15) is 0 Å². The number of hydrogen-bond acceptors (Lipinski definition) is 3. The lowest BCUT2D eigenvalue weighted by Gasteiger charge is -2.46. The summed E-state index contributed by atoms with van der Waals surface area (Å²) in [5.41, 5.74) is 11.2. The average molecular weight is 693 g/mol. The molecule has 9 aromatic rings. The van der Waals surface area contributed by atoms with Gasteiger partial charge in [0.05, 0.1) is 22.7 Å². The SMILES string of the molecule is CC1(C)c2ccccc2N2c3ccccc3Oc3ccc(N(c4ccc(-c5ccccc5)cc4)c4ccc5c6ccccc6c6ccccc6c5c4)c1c32. The molecule has 0 unspecified atom stereocenters. The topological polar surface area (TPSA) is 15.7 Å². The second-order valence-corrected chi connectivity index (χ2v) is 14.9. The Labute approximate surface area is 314 Å². The minimum atomic E-state index is -0.356. The summed E-state index contributed by atoms with van der Waals surface area (Å²) >= 11 is 0. The molecule has 11 rings (SSSR count). The van der Waals surface area contributed by atoms with Gasteiger partial charge in [-0.1, -0.05) is 141 Å². The highest BCUT2D eigenvalue weighted by Crippen LogP contribution is 2.62. The van der Waals surface area contributed by atoms with Gasteiger partial charge in [-0.25, -0.2) is 0 Å². The Kier molecular flexibility index (Phi) is 6.60. The first-order valence-corrected chi connectivity index (χ1v) is 18.7. The lowest BCUT2D eigenvalue weighted by atomic mass is 9.72. The Morgan fingerprint density at radius 1 is 0.444 bits per heavy atom. The van der Waals surface area contributed by atoms with Crippen LogP contribution in [0.15, 0.2) is 182 Å². The number of nitrogens with zero attached hydrogens (tertiary/aromatic N) is 2. The van der Waals surface area contributed by atoms with Crippen molar-refractivity contribution < 1.29 is 4.74 Å². The van der Waals surface area contributed by atoms with Gasteiger partial charge in [-0.3, -0.25) is 0 Å². The molecule has 2 aliphatic rings. The number of anilines is 6. The molecule has 0 atom stereocenters. The van der Waals surface area contributed by atoms with Crippen molar-refractivity contribution in [2.45, 2.75) is 19.3 Å². The normalized spacial score (nSPS) is 13.6. The smallest absolute Gasteiger partial charge is 0.152 e. The third kappa shape index (κ3) is 4.42. The number of para-hydroxylation sites is 3. The third-order valence-electron chi connectivity index (χ3n) is 11.6. The fourth-order valence-corrected chi connectivity index (χ4v) is 9.11. The molecule has 0 fully saturated rings. The molecule has 9 aromatic carbocycles. The van der Waals surface area contributed by atoms with Gasteiger partial charge in [0.25, 0.3) is 0 Å². The zero-order valence-electron chi connectivity index (χ0n) is 30.1. The van der Waals surface area contributed by atoms with Gasteiger partial charge in [0, 0.05) is 22.4 Å². The van der Waals surface area contributed by atoms with E-state index in [0.29, 0.717) is 0 Å². The minimum absolute atomic E-state index is 0.356. The molecule has 0 spiro atoms. The highest BCUT2D eigenvalue weighted by atomic mass is 16.5. The van der Waals surface area contributed by atoms with E-state index in [0.717, 1.165) is 39.9 Å². The van der Waals surface area contributed by atoms with Crippen LogP contribution in [0.5, 0.6) is 11.5 Å². The van der Waals surface area contributed by atoms with Crippen molar-refractivity contribution in [3.05, 3.63) is 193 Å². The highest BCUT2D eigenvalue weighted by Gasteiger charge is 2.44. The van der Waals surface area contributed by atoms with Gasteiger partial charge in [-0.05, 0) is 104 Å². The quantitative estimate of drug-likeness (QED) is 0.171. The fraction of sp³-hybridized carbons (Fsp3) is 0.0588. The highest BCUT2D eigenvalue weighted by molar-refractivity contribution is 6.25. The summed E-state index contributed by atoms with van der Waals surface area (Å²) in [5, 5.41) is 7.56. The van der Waals surface area contributed by atoms with Crippen LogP contribution in [0.1, 0.15) is 25.0 Å². The molecule has 0 aliphatic carbocycles. The first-order chi connectivity index (χ1) is 26.6. The lowest BCUT2D eigenvalue weighted by Crippen LogP contribution is -2.34. The molecule has 0 saturated heterocycles. The van der Waals surface area contributed by atoms with Gasteiger partial charge in [0.15, 0.2) is 11.5 Å². The Balaban J connectivity index is 1.20. The molecule has 0 amide bonds. The Bertz CT molecular complexity index is 2910. The van der Waals surface area contributed by atoms with Gasteiger partial charge in [0.2, 0.25) is 0 Å². The summed E-state index contributed by atoms with van der Waals surface area (Å²) in [4.78, 5) is 4.88. The number of hydrogen-bond donors (Lipinski definition) is 0. The molecule has 0 radical (unpaired) electrons. The van der Waals surface area contributed by atoms with Crippen LogP contribution in [-0.4, -0.2) is 0 Å². The summed E-state index contributed by atoms with van der Waals surface area (Å²) in [5.74, 6) is 1.73. The van der Waals surface area contributed by atoms with Gasteiger partial charge < -0.3 is 14.5 Å². The molecule has 0 bridgehead atoms. The van der Waals surface area contributed by atoms with E-state index < -0.39 is 0 Å². The molecule has 0 N–H and O–H groups in total. The monoisotopic (exact) mass is 692 g/mol. The average Bonchev–Trinajstić information content (AvgIpc) is 3.23. The van der Waals surface area contributed by atoms with Crippen LogP contribution in [0.3, 0.4) is 0 Å². The first-order valence-electron chi connectivity index (χ1n) is 18.7. The van der Waals surface area contributed by atoms with Crippen LogP contribution in [0, 0.1) is 0 Å². The van der Waals surface area contributed by atoms with Gasteiger partial charge >= 0.3 is 0 Å². The van der Waals surface area contributed by atoms with Crippen molar-refractivity contribution >= 4 is 66.4 Å².